The number of carbonyl (C=O) groups is 1. The van der Waals surface area contributed by atoms with Crippen molar-refractivity contribution in [3.8, 4) is 5.88 Å². The van der Waals surface area contributed by atoms with Crippen LogP contribution in [0.25, 0.3) is 0 Å². The molecule has 1 aromatic carbocycles. The molecular weight excluding hydrogens is 406 g/mol. The average Bonchev–Trinajstić information content (AvgIpc) is 3.45. The number of carbonyl (C=O) groups excluding carboxylic acids is 1. The van der Waals surface area contributed by atoms with Crippen molar-refractivity contribution in [2.24, 2.45) is 9.50 Å². The van der Waals surface area contributed by atoms with Gasteiger partial charge in [-0.25, -0.2) is 18.8 Å². The van der Waals surface area contributed by atoms with Crippen molar-refractivity contribution in [3.05, 3.63) is 34.5 Å². The summed E-state index contributed by atoms with van der Waals surface area (Å²) >= 11 is 0. The summed E-state index contributed by atoms with van der Waals surface area (Å²) in [5.41, 5.74) is 5.61. The van der Waals surface area contributed by atoms with Crippen molar-refractivity contribution in [2.75, 3.05) is 25.6 Å². The maximum absolute atomic E-state index is 13.0. The van der Waals surface area contributed by atoms with Crippen molar-refractivity contribution >= 4 is 21.6 Å². The van der Waals surface area contributed by atoms with Gasteiger partial charge in [-0.2, -0.15) is 5.10 Å². The monoisotopic (exact) mass is 431 g/mol. The molecule has 3 aliphatic rings. The van der Waals surface area contributed by atoms with Gasteiger partial charge in [-0.15, -0.1) is 4.36 Å². The third kappa shape index (κ3) is 3.19. The van der Waals surface area contributed by atoms with Crippen molar-refractivity contribution in [3.63, 3.8) is 0 Å². The molecule has 2 aliphatic carbocycles. The SMILES string of the molecule is COC[C@H]1CCc2cc3c(c(NC(=O)N=[S@@](N)(=O)c4cnn5c4OCC5)c21)CCC3. The Morgan fingerprint density at radius 1 is 1.43 bits per heavy atom. The molecule has 0 saturated heterocycles. The van der Waals surface area contributed by atoms with Crippen LogP contribution in [-0.2, 0) is 40.5 Å². The first-order chi connectivity index (χ1) is 14.5. The zero-order valence-electron chi connectivity index (χ0n) is 16.8. The lowest BCUT2D eigenvalue weighted by Crippen LogP contribution is -2.19. The molecule has 1 aromatic heterocycles. The van der Waals surface area contributed by atoms with E-state index in [-0.39, 0.29) is 10.8 Å². The number of benzene rings is 1. The van der Waals surface area contributed by atoms with E-state index in [1.165, 1.54) is 17.3 Å². The van der Waals surface area contributed by atoms with Crippen LogP contribution >= 0.6 is 0 Å². The number of amides is 2. The van der Waals surface area contributed by atoms with Gasteiger partial charge in [0.15, 0.2) is 9.92 Å². The quantitative estimate of drug-likeness (QED) is 0.770. The summed E-state index contributed by atoms with van der Waals surface area (Å²) in [5.74, 6) is 0.543. The van der Waals surface area contributed by atoms with Crippen molar-refractivity contribution < 1.29 is 18.5 Å². The van der Waals surface area contributed by atoms with E-state index < -0.39 is 15.9 Å². The highest BCUT2D eigenvalue weighted by atomic mass is 32.2. The second kappa shape index (κ2) is 7.36. The van der Waals surface area contributed by atoms with Gasteiger partial charge in [0.2, 0.25) is 5.88 Å². The van der Waals surface area contributed by atoms with E-state index in [2.05, 4.69) is 20.8 Å². The number of aromatic nitrogens is 2. The molecule has 0 radical (unpaired) electrons. The Morgan fingerprint density at radius 3 is 3.13 bits per heavy atom. The Balaban J connectivity index is 1.51. The summed E-state index contributed by atoms with van der Waals surface area (Å²) < 4.78 is 29.3. The minimum Gasteiger partial charge on any atom is -0.475 e. The second-order valence-corrected chi connectivity index (χ2v) is 9.74. The van der Waals surface area contributed by atoms with E-state index in [0.29, 0.717) is 25.6 Å². The van der Waals surface area contributed by atoms with Crippen molar-refractivity contribution in [1.29, 1.82) is 0 Å². The first-order valence-corrected chi connectivity index (χ1v) is 11.8. The van der Waals surface area contributed by atoms with E-state index in [4.69, 9.17) is 14.6 Å². The number of ether oxygens (including phenoxy) is 2. The average molecular weight is 432 g/mol. The fourth-order valence-electron chi connectivity index (χ4n) is 4.87. The molecule has 5 rings (SSSR count). The molecule has 160 valence electrons. The molecule has 2 atom stereocenters. The Hall–Kier alpha value is -2.43. The third-order valence-electron chi connectivity index (χ3n) is 6.13. The second-order valence-electron chi connectivity index (χ2n) is 7.98. The molecule has 3 N–H and O–H groups in total. The first-order valence-electron chi connectivity index (χ1n) is 10.2. The number of hydrogen-bond donors (Lipinski definition) is 2. The van der Waals surface area contributed by atoms with Gasteiger partial charge in [-0.3, -0.25) is 0 Å². The molecule has 1 aliphatic heterocycles. The van der Waals surface area contributed by atoms with E-state index in [9.17, 15) is 9.00 Å². The van der Waals surface area contributed by atoms with E-state index in [0.717, 1.165) is 48.9 Å². The van der Waals surface area contributed by atoms with Crippen LogP contribution in [0.15, 0.2) is 21.5 Å². The zero-order chi connectivity index (χ0) is 20.9. The van der Waals surface area contributed by atoms with E-state index in [1.807, 2.05) is 0 Å². The minimum atomic E-state index is -3.48. The summed E-state index contributed by atoms with van der Waals surface area (Å²) in [5, 5.41) is 13.0. The Kier molecular flexibility index (Phi) is 4.79. The number of methoxy groups -OCH3 is 1. The molecule has 2 amide bonds. The standard InChI is InChI=1S/C20H25N5O4S/c1-28-11-14-6-5-13-9-12-3-2-4-15(12)18(17(13)14)23-20(26)24-30(21,27)16-10-22-25-7-8-29-19(16)25/h9-10,14H,2-8,11H2,1H3,(H3,21,23,24,26,27)/t14-,30-/m1/s1. The Labute approximate surface area is 175 Å². The lowest BCUT2D eigenvalue weighted by atomic mass is 9.94. The number of nitrogens with two attached hydrogens (primary N) is 1. The lowest BCUT2D eigenvalue weighted by molar-refractivity contribution is 0.179. The van der Waals surface area contributed by atoms with Gasteiger partial charge in [-0.1, -0.05) is 6.07 Å². The number of fused-ring (bicyclic) bond motifs is 3. The number of aryl methyl sites for hydroxylation is 2. The topological polar surface area (TPSA) is 121 Å². The van der Waals surface area contributed by atoms with Crippen LogP contribution in [0.3, 0.4) is 0 Å². The number of nitrogens with zero attached hydrogens (tertiary/aromatic N) is 3. The van der Waals surface area contributed by atoms with Crippen molar-refractivity contribution in [1.82, 2.24) is 9.78 Å². The Bertz CT molecular complexity index is 1150. The van der Waals surface area contributed by atoms with Gasteiger partial charge in [0.1, 0.15) is 11.5 Å². The van der Waals surface area contributed by atoms with Gasteiger partial charge in [0.05, 0.1) is 19.3 Å². The number of anilines is 1. The normalized spacial score (nSPS) is 20.8. The zero-order valence-corrected chi connectivity index (χ0v) is 17.7. The molecular formula is C20H25N5O4S. The van der Waals surface area contributed by atoms with Gasteiger partial charge < -0.3 is 14.8 Å². The summed E-state index contributed by atoms with van der Waals surface area (Å²) in [6, 6.07) is 1.56. The minimum absolute atomic E-state index is 0.149. The largest absolute Gasteiger partial charge is 0.475 e. The van der Waals surface area contributed by atoms with Crippen LogP contribution < -0.4 is 15.2 Å². The maximum atomic E-state index is 13.0. The highest BCUT2D eigenvalue weighted by molar-refractivity contribution is 7.91. The smallest absolute Gasteiger partial charge is 0.354 e. The molecule has 0 bridgehead atoms. The summed E-state index contributed by atoms with van der Waals surface area (Å²) in [6.45, 7) is 1.58. The predicted octanol–water partition coefficient (Wildman–Crippen LogP) is 2.37. The van der Waals surface area contributed by atoms with Crippen LogP contribution in [0.1, 0.15) is 41.0 Å². The van der Waals surface area contributed by atoms with Gasteiger partial charge in [-0.05, 0) is 54.4 Å². The van der Waals surface area contributed by atoms with Crippen LogP contribution in [-0.4, -0.2) is 40.3 Å². The van der Waals surface area contributed by atoms with E-state index >= 15 is 0 Å². The summed E-state index contributed by atoms with van der Waals surface area (Å²) in [4.78, 5) is 13.0. The molecule has 2 aromatic rings. The Morgan fingerprint density at radius 2 is 2.30 bits per heavy atom. The molecule has 0 unspecified atom stereocenters. The van der Waals surface area contributed by atoms with Crippen molar-refractivity contribution in [2.45, 2.75) is 49.5 Å². The molecule has 2 heterocycles. The first kappa shape index (κ1) is 19.5. The fourth-order valence-corrected chi connectivity index (χ4v) is 5.88. The molecule has 0 fully saturated rings. The highest BCUT2D eigenvalue weighted by Gasteiger charge is 2.31. The number of nitrogens with one attached hydrogen (secondary N) is 1. The third-order valence-corrected chi connectivity index (χ3v) is 7.48. The molecule has 9 nitrogen and oxygen atoms in total. The predicted molar refractivity (Wildman–Crippen MR) is 111 cm³/mol. The number of rotatable bonds is 4. The van der Waals surface area contributed by atoms with Gasteiger partial charge >= 0.3 is 6.03 Å². The molecule has 10 heteroatoms. The van der Waals surface area contributed by atoms with E-state index in [1.54, 1.807) is 11.8 Å². The van der Waals surface area contributed by atoms with Gasteiger partial charge in [0, 0.05) is 18.7 Å². The van der Waals surface area contributed by atoms with Gasteiger partial charge in [0.25, 0.3) is 0 Å². The summed E-state index contributed by atoms with van der Waals surface area (Å²) in [6.07, 6.45) is 6.27. The summed E-state index contributed by atoms with van der Waals surface area (Å²) in [7, 11) is -1.79. The van der Waals surface area contributed by atoms with Crippen LogP contribution in [0, 0.1) is 0 Å². The fraction of sp³-hybridized carbons (Fsp3) is 0.500. The molecule has 0 saturated carbocycles. The lowest BCUT2D eigenvalue weighted by Gasteiger charge is -2.19. The molecule has 0 spiro atoms. The highest BCUT2D eigenvalue weighted by Crippen LogP contribution is 2.44. The number of urea groups is 1. The maximum Gasteiger partial charge on any atom is 0.354 e. The van der Waals surface area contributed by atoms with Crippen LogP contribution in [0.5, 0.6) is 5.88 Å². The number of hydrogen-bond acceptors (Lipinski definition) is 5. The molecule has 30 heavy (non-hydrogen) atoms. The van der Waals surface area contributed by atoms with Crippen LogP contribution in [0.4, 0.5) is 10.5 Å². The van der Waals surface area contributed by atoms with Crippen LogP contribution in [0.2, 0.25) is 0 Å².